The van der Waals surface area contributed by atoms with E-state index in [1.807, 2.05) is 24.3 Å². The van der Waals surface area contributed by atoms with Crippen molar-refractivity contribution in [1.82, 2.24) is 4.98 Å². The number of hydrazine groups is 1. The molecule has 0 radical (unpaired) electrons. The number of anilines is 1. The van der Waals surface area contributed by atoms with Gasteiger partial charge in [0.2, 0.25) is 0 Å². The maximum atomic E-state index is 5.69. The normalized spacial score (nSPS) is 10.8. The predicted octanol–water partition coefficient (Wildman–Crippen LogP) is 3.80. The van der Waals surface area contributed by atoms with E-state index in [1.54, 1.807) is 0 Å². The third-order valence-electron chi connectivity index (χ3n) is 3.47. The number of nitrogens with zero attached hydrogens (tertiary/aromatic N) is 1. The van der Waals surface area contributed by atoms with Crippen molar-refractivity contribution < 1.29 is 0 Å². The highest BCUT2D eigenvalue weighted by Crippen LogP contribution is 2.30. The standard InChI is InChI=1S/C17H17N3/c1-11-8-12(2)17-14(9-11)16(20-18)10-15(19-17)13-6-4-3-5-7-13/h3-10H,18H2,1-2H3,(H,19,20). The first-order valence-electron chi connectivity index (χ1n) is 6.63. The van der Waals surface area contributed by atoms with Gasteiger partial charge in [-0.25, -0.2) is 4.98 Å². The molecule has 3 aromatic rings. The summed E-state index contributed by atoms with van der Waals surface area (Å²) in [5.41, 5.74) is 9.08. The molecule has 3 rings (SSSR count). The number of nitrogens with one attached hydrogen (secondary N) is 1. The van der Waals surface area contributed by atoms with Gasteiger partial charge in [0.15, 0.2) is 0 Å². The lowest BCUT2D eigenvalue weighted by Gasteiger charge is -2.12. The zero-order valence-electron chi connectivity index (χ0n) is 11.6. The van der Waals surface area contributed by atoms with Crippen LogP contribution in [0.15, 0.2) is 48.5 Å². The lowest BCUT2D eigenvalue weighted by atomic mass is 10.0. The van der Waals surface area contributed by atoms with Gasteiger partial charge >= 0.3 is 0 Å². The highest BCUT2D eigenvalue weighted by Gasteiger charge is 2.09. The molecule has 0 aliphatic rings. The molecule has 0 atom stereocenters. The van der Waals surface area contributed by atoms with E-state index < -0.39 is 0 Å². The molecular formula is C17H17N3. The summed E-state index contributed by atoms with van der Waals surface area (Å²) in [5.74, 6) is 5.69. The number of benzene rings is 2. The van der Waals surface area contributed by atoms with E-state index in [-0.39, 0.29) is 0 Å². The van der Waals surface area contributed by atoms with E-state index in [2.05, 4.69) is 43.5 Å². The first-order chi connectivity index (χ1) is 9.69. The van der Waals surface area contributed by atoms with Gasteiger partial charge in [-0.1, -0.05) is 42.0 Å². The van der Waals surface area contributed by atoms with Crippen molar-refractivity contribution in [3.05, 3.63) is 59.7 Å². The van der Waals surface area contributed by atoms with E-state index in [1.165, 1.54) is 5.56 Å². The van der Waals surface area contributed by atoms with Gasteiger partial charge in [-0.2, -0.15) is 0 Å². The van der Waals surface area contributed by atoms with E-state index >= 15 is 0 Å². The third-order valence-corrected chi connectivity index (χ3v) is 3.47. The SMILES string of the molecule is Cc1cc(C)c2nc(-c3ccccc3)cc(NN)c2c1. The van der Waals surface area contributed by atoms with E-state index in [0.29, 0.717) is 0 Å². The van der Waals surface area contributed by atoms with Gasteiger partial charge in [-0.05, 0) is 31.5 Å². The molecule has 0 unspecified atom stereocenters. The van der Waals surface area contributed by atoms with Crippen LogP contribution in [0.2, 0.25) is 0 Å². The molecule has 0 bridgehead atoms. The van der Waals surface area contributed by atoms with Crippen molar-refractivity contribution in [1.29, 1.82) is 0 Å². The number of pyridine rings is 1. The Balaban J connectivity index is 2.32. The summed E-state index contributed by atoms with van der Waals surface area (Å²) >= 11 is 0. The molecule has 0 fully saturated rings. The van der Waals surface area contributed by atoms with Crippen molar-refractivity contribution in [2.45, 2.75) is 13.8 Å². The molecule has 1 aromatic heterocycles. The van der Waals surface area contributed by atoms with Crippen LogP contribution in [-0.2, 0) is 0 Å². The number of fused-ring (bicyclic) bond motifs is 1. The molecule has 1 heterocycles. The molecule has 3 heteroatoms. The van der Waals surface area contributed by atoms with Crippen LogP contribution in [0.25, 0.3) is 22.2 Å². The minimum atomic E-state index is 0.903. The molecular weight excluding hydrogens is 246 g/mol. The third kappa shape index (κ3) is 2.12. The van der Waals surface area contributed by atoms with Gasteiger partial charge in [0.05, 0.1) is 16.9 Å². The Morgan fingerprint density at radius 3 is 2.45 bits per heavy atom. The average molecular weight is 263 g/mol. The van der Waals surface area contributed by atoms with Gasteiger partial charge < -0.3 is 5.43 Å². The predicted molar refractivity (Wildman–Crippen MR) is 84.5 cm³/mol. The van der Waals surface area contributed by atoms with E-state index in [0.717, 1.165) is 33.4 Å². The van der Waals surface area contributed by atoms with Gasteiger partial charge in [-0.15, -0.1) is 0 Å². The number of hydrogen-bond acceptors (Lipinski definition) is 3. The maximum Gasteiger partial charge on any atom is 0.0760 e. The molecule has 3 N–H and O–H groups in total. The second kappa shape index (κ2) is 4.94. The Hall–Kier alpha value is -2.39. The molecule has 0 aliphatic heterocycles. The fraction of sp³-hybridized carbons (Fsp3) is 0.118. The van der Waals surface area contributed by atoms with Gasteiger partial charge in [0, 0.05) is 10.9 Å². The molecule has 0 saturated carbocycles. The second-order valence-electron chi connectivity index (χ2n) is 5.04. The van der Waals surface area contributed by atoms with Crippen molar-refractivity contribution in [3.8, 4) is 11.3 Å². The zero-order chi connectivity index (χ0) is 14.1. The van der Waals surface area contributed by atoms with Gasteiger partial charge in [-0.3, -0.25) is 5.84 Å². The number of nitrogens with two attached hydrogens (primary N) is 1. The van der Waals surface area contributed by atoms with Gasteiger partial charge in [0.25, 0.3) is 0 Å². The van der Waals surface area contributed by atoms with Crippen molar-refractivity contribution >= 4 is 16.6 Å². The molecule has 2 aromatic carbocycles. The Morgan fingerprint density at radius 1 is 1.00 bits per heavy atom. The fourth-order valence-electron chi connectivity index (χ4n) is 2.56. The highest BCUT2D eigenvalue weighted by molar-refractivity contribution is 5.95. The minimum absolute atomic E-state index is 0.903. The molecule has 0 saturated heterocycles. The summed E-state index contributed by atoms with van der Waals surface area (Å²) < 4.78 is 0. The van der Waals surface area contributed by atoms with Crippen LogP contribution in [0.1, 0.15) is 11.1 Å². The lowest BCUT2D eigenvalue weighted by Crippen LogP contribution is -2.08. The van der Waals surface area contributed by atoms with Crippen molar-refractivity contribution in [2.24, 2.45) is 5.84 Å². The van der Waals surface area contributed by atoms with E-state index in [9.17, 15) is 0 Å². The first kappa shape index (κ1) is 12.6. The van der Waals surface area contributed by atoms with Crippen LogP contribution in [0.5, 0.6) is 0 Å². The Bertz CT molecular complexity index is 764. The van der Waals surface area contributed by atoms with Crippen molar-refractivity contribution in [3.63, 3.8) is 0 Å². The van der Waals surface area contributed by atoms with Crippen LogP contribution in [0, 0.1) is 13.8 Å². The summed E-state index contributed by atoms with van der Waals surface area (Å²) in [6, 6.07) is 16.4. The molecule has 100 valence electrons. The van der Waals surface area contributed by atoms with Crippen LogP contribution in [0.3, 0.4) is 0 Å². The average Bonchev–Trinajstić information content (AvgIpc) is 2.47. The monoisotopic (exact) mass is 263 g/mol. The highest BCUT2D eigenvalue weighted by atomic mass is 15.2. The fourth-order valence-corrected chi connectivity index (χ4v) is 2.56. The molecule has 20 heavy (non-hydrogen) atoms. The van der Waals surface area contributed by atoms with Gasteiger partial charge in [0.1, 0.15) is 0 Å². The number of nitrogen functional groups attached to an aromatic ring is 1. The first-order valence-corrected chi connectivity index (χ1v) is 6.63. The van der Waals surface area contributed by atoms with Crippen LogP contribution >= 0.6 is 0 Å². The summed E-state index contributed by atoms with van der Waals surface area (Å²) in [6.45, 7) is 4.16. The molecule has 0 amide bonds. The van der Waals surface area contributed by atoms with E-state index in [4.69, 9.17) is 10.8 Å². The number of hydrogen-bond donors (Lipinski definition) is 2. The summed E-state index contributed by atoms with van der Waals surface area (Å²) in [5, 5.41) is 1.06. The lowest BCUT2D eigenvalue weighted by molar-refractivity contribution is 1.30. The summed E-state index contributed by atoms with van der Waals surface area (Å²) in [7, 11) is 0. The Labute approximate surface area is 118 Å². The largest absolute Gasteiger partial charge is 0.323 e. The van der Waals surface area contributed by atoms with Crippen molar-refractivity contribution in [2.75, 3.05) is 5.43 Å². The summed E-state index contributed by atoms with van der Waals surface area (Å²) in [4.78, 5) is 4.80. The molecule has 3 nitrogen and oxygen atoms in total. The molecule has 0 spiro atoms. The van der Waals surface area contributed by atoms with Crippen LogP contribution < -0.4 is 11.3 Å². The van der Waals surface area contributed by atoms with Crippen LogP contribution in [0.4, 0.5) is 5.69 Å². The summed E-state index contributed by atoms with van der Waals surface area (Å²) in [6.07, 6.45) is 0. The number of aromatic nitrogens is 1. The number of rotatable bonds is 2. The minimum Gasteiger partial charge on any atom is -0.323 e. The number of aryl methyl sites for hydroxylation is 2. The quantitative estimate of drug-likeness (QED) is 0.546. The smallest absolute Gasteiger partial charge is 0.0760 e. The topological polar surface area (TPSA) is 50.9 Å². The second-order valence-corrected chi connectivity index (χ2v) is 5.04. The molecule has 0 aliphatic carbocycles. The Morgan fingerprint density at radius 2 is 1.75 bits per heavy atom. The Kier molecular flexibility index (Phi) is 3.12. The van der Waals surface area contributed by atoms with Crippen LogP contribution in [-0.4, -0.2) is 4.98 Å². The maximum absolute atomic E-state index is 5.69. The zero-order valence-corrected chi connectivity index (χ0v) is 11.6.